The van der Waals surface area contributed by atoms with Gasteiger partial charge >= 0.3 is 0 Å². The molecule has 0 saturated heterocycles. The van der Waals surface area contributed by atoms with Gasteiger partial charge in [0.05, 0.1) is 6.04 Å². The Morgan fingerprint density at radius 1 is 1.67 bits per heavy atom. The number of aromatic nitrogens is 3. The van der Waals surface area contributed by atoms with Crippen LogP contribution in [0.1, 0.15) is 38.6 Å². The van der Waals surface area contributed by atoms with Crippen molar-refractivity contribution in [1.29, 1.82) is 0 Å². The van der Waals surface area contributed by atoms with Crippen LogP contribution in [-0.2, 0) is 0 Å². The van der Waals surface area contributed by atoms with Crippen LogP contribution in [0, 0.1) is 5.92 Å². The second-order valence-corrected chi connectivity index (χ2v) is 3.23. The fraction of sp³-hybridized carbons (Fsp3) is 0.750. The van der Waals surface area contributed by atoms with Gasteiger partial charge in [-0.15, -0.1) is 0 Å². The molecule has 2 atom stereocenters. The first kappa shape index (κ1) is 9.19. The fourth-order valence-corrected chi connectivity index (χ4v) is 1.11. The van der Waals surface area contributed by atoms with E-state index in [0.29, 0.717) is 5.92 Å². The Labute approximate surface area is 72.6 Å². The third-order valence-electron chi connectivity index (χ3n) is 2.14. The molecule has 0 aliphatic heterocycles. The van der Waals surface area contributed by atoms with Gasteiger partial charge in [-0.3, -0.25) is 5.10 Å². The summed E-state index contributed by atoms with van der Waals surface area (Å²) in [6.07, 6.45) is 3.61. The van der Waals surface area contributed by atoms with Gasteiger partial charge in [-0.25, -0.2) is 4.98 Å². The van der Waals surface area contributed by atoms with E-state index in [-0.39, 0.29) is 6.04 Å². The van der Waals surface area contributed by atoms with Crippen molar-refractivity contribution in [3.63, 3.8) is 0 Å². The Morgan fingerprint density at radius 3 is 2.92 bits per heavy atom. The Bertz CT molecular complexity index is 207. The number of aromatic amines is 1. The molecule has 0 aromatic carbocycles. The molecule has 4 heteroatoms. The average Bonchev–Trinajstić information content (AvgIpc) is 2.56. The summed E-state index contributed by atoms with van der Waals surface area (Å²) in [5, 5.41) is 6.54. The van der Waals surface area contributed by atoms with E-state index in [1.165, 1.54) is 6.33 Å². The van der Waals surface area contributed by atoms with Gasteiger partial charge in [-0.1, -0.05) is 20.3 Å². The average molecular weight is 168 g/mol. The summed E-state index contributed by atoms with van der Waals surface area (Å²) >= 11 is 0. The molecule has 3 N–H and O–H groups in total. The smallest absolute Gasteiger partial charge is 0.141 e. The van der Waals surface area contributed by atoms with Crippen LogP contribution in [0.25, 0.3) is 0 Å². The summed E-state index contributed by atoms with van der Waals surface area (Å²) in [5.41, 5.74) is 5.88. The maximum Gasteiger partial charge on any atom is 0.141 e. The van der Waals surface area contributed by atoms with E-state index in [2.05, 4.69) is 29.0 Å². The van der Waals surface area contributed by atoms with Gasteiger partial charge in [-0.2, -0.15) is 5.10 Å². The molecule has 1 heterocycles. The topological polar surface area (TPSA) is 67.6 Å². The minimum atomic E-state index is 0.00227. The van der Waals surface area contributed by atoms with E-state index in [4.69, 9.17) is 5.73 Å². The lowest BCUT2D eigenvalue weighted by Crippen LogP contribution is -2.15. The molecule has 0 fully saturated rings. The largest absolute Gasteiger partial charge is 0.321 e. The zero-order valence-electron chi connectivity index (χ0n) is 7.62. The first-order valence-corrected chi connectivity index (χ1v) is 4.34. The molecule has 0 saturated carbocycles. The Balaban J connectivity index is 2.44. The molecule has 0 aliphatic carbocycles. The SMILES string of the molecule is CCC(C)CC(N)c1ncn[nH]1. The highest BCUT2D eigenvalue weighted by atomic mass is 15.2. The highest BCUT2D eigenvalue weighted by Crippen LogP contribution is 2.16. The standard InChI is InChI=1S/C8H16N4/c1-3-6(2)4-7(9)8-10-5-11-12-8/h5-7H,3-4,9H2,1-2H3,(H,10,11,12). The van der Waals surface area contributed by atoms with Gasteiger partial charge in [0.1, 0.15) is 12.2 Å². The Morgan fingerprint density at radius 2 is 2.42 bits per heavy atom. The van der Waals surface area contributed by atoms with Crippen LogP contribution in [0.4, 0.5) is 0 Å². The normalized spacial score (nSPS) is 15.9. The second-order valence-electron chi connectivity index (χ2n) is 3.23. The number of nitrogens with one attached hydrogen (secondary N) is 1. The van der Waals surface area contributed by atoms with Gasteiger partial charge in [0.15, 0.2) is 0 Å². The summed E-state index contributed by atoms with van der Waals surface area (Å²) in [6, 6.07) is 0.00227. The molecule has 0 aliphatic rings. The van der Waals surface area contributed by atoms with E-state index in [1.54, 1.807) is 0 Å². The summed E-state index contributed by atoms with van der Waals surface area (Å²) < 4.78 is 0. The van der Waals surface area contributed by atoms with Crippen molar-refractivity contribution in [1.82, 2.24) is 15.2 Å². The lowest BCUT2D eigenvalue weighted by atomic mass is 10.00. The molecule has 68 valence electrons. The molecular weight excluding hydrogens is 152 g/mol. The van der Waals surface area contributed by atoms with Gasteiger partial charge in [0.2, 0.25) is 0 Å². The van der Waals surface area contributed by atoms with E-state index in [0.717, 1.165) is 18.7 Å². The van der Waals surface area contributed by atoms with Crippen molar-refractivity contribution < 1.29 is 0 Å². The quantitative estimate of drug-likeness (QED) is 0.710. The number of nitrogens with zero attached hydrogens (tertiary/aromatic N) is 2. The number of nitrogens with two attached hydrogens (primary N) is 1. The zero-order valence-corrected chi connectivity index (χ0v) is 7.62. The molecule has 4 nitrogen and oxygen atoms in total. The van der Waals surface area contributed by atoms with Crippen LogP contribution in [0.3, 0.4) is 0 Å². The van der Waals surface area contributed by atoms with Crippen LogP contribution in [0.2, 0.25) is 0 Å². The lowest BCUT2D eigenvalue weighted by Gasteiger charge is -2.12. The fourth-order valence-electron chi connectivity index (χ4n) is 1.11. The van der Waals surface area contributed by atoms with Crippen LogP contribution < -0.4 is 5.73 Å². The molecule has 2 unspecified atom stereocenters. The minimum absolute atomic E-state index is 0.00227. The maximum absolute atomic E-state index is 5.88. The molecule has 1 rings (SSSR count). The van der Waals surface area contributed by atoms with Gasteiger partial charge in [-0.05, 0) is 12.3 Å². The van der Waals surface area contributed by atoms with Crippen molar-refractivity contribution in [2.24, 2.45) is 11.7 Å². The first-order valence-electron chi connectivity index (χ1n) is 4.34. The third kappa shape index (κ3) is 2.30. The number of hydrogen-bond acceptors (Lipinski definition) is 3. The Kier molecular flexibility index (Phi) is 3.22. The maximum atomic E-state index is 5.88. The predicted octanol–water partition coefficient (Wildman–Crippen LogP) is 1.24. The molecule has 1 aromatic heterocycles. The molecule has 0 bridgehead atoms. The zero-order chi connectivity index (χ0) is 8.97. The highest BCUT2D eigenvalue weighted by molar-refractivity contribution is 4.89. The highest BCUT2D eigenvalue weighted by Gasteiger charge is 2.11. The number of H-pyrrole nitrogens is 1. The minimum Gasteiger partial charge on any atom is -0.321 e. The van der Waals surface area contributed by atoms with Crippen molar-refractivity contribution >= 4 is 0 Å². The van der Waals surface area contributed by atoms with Crippen LogP contribution in [0.5, 0.6) is 0 Å². The van der Waals surface area contributed by atoms with Crippen molar-refractivity contribution in [3.05, 3.63) is 12.2 Å². The third-order valence-corrected chi connectivity index (χ3v) is 2.14. The van der Waals surface area contributed by atoms with Crippen LogP contribution >= 0.6 is 0 Å². The van der Waals surface area contributed by atoms with E-state index in [9.17, 15) is 0 Å². The van der Waals surface area contributed by atoms with Crippen molar-refractivity contribution in [2.45, 2.75) is 32.7 Å². The second kappa shape index (κ2) is 4.21. The first-order chi connectivity index (χ1) is 5.74. The molecule has 12 heavy (non-hydrogen) atoms. The predicted molar refractivity (Wildman–Crippen MR) is 47.4 cm³/mol. The number of rotatable bonds is 4. The summed E-state index contributed by atoms with van der Waals surface area (Å²) in [7, 11) is 0. The van der Waals surface area contributed by atoms with Crippen molar-refractivity contribution in [2.75, 3.05) is 0 Å². The molecule has 0 amide bonds. The van der Waals surface area contributed by atoms with E-state index < -0.39 is 0 Å². The summed E-state index contributed by atoms with van der Waals surface area (Å²) in [6.45, 7) is 4.36. The monoisotopic (exact) mass is 168 g/mol. The molecule has 0 radical (unpaired) electrons. The van der Waals surface area contributed by atoms with E-state index >= 15 is 0 Å². The lowest BCUT2D eigenvalue weighted by molar-refractivity contribution is 0.450. The molecule has 0 spiro atoms. The Hall–Kier alpha value is -0.900. The van der Waals surface area contributed by atoms with Gasteiger partial charge in [0.25, 0.3) is 0 Å². The number of hydrogen-bond donors (Lipinski definition) is 2. The van der Waals surface area contributed by atoms with Crippen molar-refractivity contribution in [3.8, 4) is 0 Å². The molecule has 1 aromatic rings. The van der Waals surface area contributed by atoms with E-state index in [1.807, 2.05) is 0 Å². The molecular formula is C8H16N4. The van der Waals surface area contributed by atoms with Gasteiger partial charge < -0.3 is 5.73 Å². The van der Waals surface area contributed by atoms with Crippen LogP contribution in [0.15, 0.2) is 6.33 Å². The van der Waals surface area contributed by atoms with Crippen LogP contribution in [-0.4, -0.2) is 15.2 Å². The van der Waals surface area contributed by atoms with Gasteiger partial charge in [0, 0.05) is 0 Å². The summed E-state index contributed by atoms with van der Waals surface area (Å²) in [4.78, 5) is 4.01. The summed E-state index contributed by atoms with van der Waals surface area (Å²) in [5.74, 6) is 1.43.